The molecule has 3 aliphatic rings. The summed E-state index contributed by atoms with van der Waals surface area (Å²) < 4.78 is 95.6. The molecule has 3 aliphatic heterocycles. The standard InChI is InChI=1S/C34H40F5NO8/c1-17(7-10-25-18(2)12-24(20(4)46-25)40-26(42)11-8-19(3)45-21(5)41)6-9-22-14-34(16-44-34)15-23(47-22)13-27(43)48-33-31(38)29(36)28(35)30(37)32(33)39/h6-9,11,18-20,22-25H,10,12-16H2,1-5H3,(H,40,42). The Bertz CT molecular complexity index is 1450. The molecule has 9 nitrogen and oxygen atoms in total. The Morgan fingerprint density at radius 1 is 0.979 bits per heavy atom. The summed E-state index contributed by atoms with van der Waals surface area (Å²) in [5.74, 6) is -14.7. The van der Waals surface area contributed by atoms with Gasteiger partial charge in [0.15, 0.2) is 0 Å². The van der Waals surface area contributed by atoms with Crippen LogP contribution in [0.25, 0.3) is 0 Å². The quantitative estimate of drug-likeness (QED) is 0.0462. The number of rotatable bonds is 11. The molecule has 1 amide bonds. The third-order valence-electron chi connectivity index (χ3n) is 8.53. The van der Waals surface area contributed by atoms with E-state index in [2.05, 4.69) is 17.0 Å². The van der Waals surface area contributed by atoms with E-state index in [9.17, 15) is 36.3 Å². The molecule has 14 heteroatoms. The van der Waals surface area contributed by atoms with Crippen molar-refractivity contribution in [1.82, 2.24) is 5.32 Å². The van der Waals surface area contributed by atoms with Crippen molar-refractivity contribution in [3.63, 3.8) is 0 Å². The van der Waals surface area contributed by atoms with E-state index in [0.717, 1.165) is 5.57 Å². The molecule has 4 rings (SSSR count). The number of carbonyl (C=O) groups excluding carboxylic acids is 3. The number of epoxide rings is 1. The van der Waals surface area contributed by atoms with Gasteiger partial charge in [-0.15, -0.1) is 0 Å². The molecule has 8 unspecified atom stereocenters. The number of benzene rings is 1. The molecule has 3 saturated heterocycles. The molecule has 0 aliphatic carbocycles. The SMILES string of the molecule is CC(=O)OC(C)C=CC(=O)NC1CC(C)C(CC=C(C)C=CC2CC3(CO3)CC(CC(=O)Oc3c(F)c(F)c(F)c(F)c3F)O2)OC1C. The van der Waals surface area contributed by atoms with Crippen LogP contribution in [0, 0.1) is 35.0 Å². The van der Waals surface area contributed by atoms with Crippen molar-refractivity contribution in [3.05, 3.63) is 65.0 Å². The number of halogens is 5. The fourth-order valence-electron chi connectivity index (χ4n) is 5.89. The van der Waals surface area contributed by atoms with Gasteiger partial charge in [-0.2, -0.15) is 8.78 Å². The van der Waals surface area contributed by atoms with Gasteiger partial charge >= 0.3 is 11.9 Å². The van der Waals surface area contributed by atoms with Crippen molar-refractivity contribution < 1.29 is 60.0 Å². The van der Waals surface area contributed by atoms with Crippen molar-refractivity contribution in [2.45, 2.75) is 109 Å². The van der Waals surface area contributed by atoms with E-state index in [0.29, 0.717) is 32.3 Å². The molecule has 1 aromatic rings. The minimum atomic E-state index is -2.35. The van der Waals surface area contributed by atoms with Crippen molar-refractivity contribution in [2.75, 3.05) is 6.61 Å². The van der Waals surface area contributed by atoms with E-state index >= 15 is 0 Å². The third-order valence-corrected chi connectivity index (χ3v) is 8.53. The lowest BCUT2D eigenvalue weighted by Gasteiger charge is -2.39. The number of carbonyl (C=O) groups is 3. The van der Waals surface area contributed by atoms with Crippen LogP contribution in [-0.2, 0) is 33.3 Å². The molecule has 1 spiro atoms. The Morgan fingerprint density at radius 2 is 1.62 bits per heavy atom. The lowest BCUT2D eigenvalue weighted by Crippen LogP contribution is -2.50. The Kier molecular flexibility index (Phi) is 12.2. The van der Waals surface area contributed by atoms with E-state index in [4.69, 9.17) is 18.9 Å². The van der Waals surface area contributed by atoms with E-state index in [1.165, 1.54) is 19.1 Å². The van der Waals surface area contributed by atoms with Gasteiger partial charge in [-0.05, 0) is 45.6 Å². The maximum absolute atomic E-state index is 14.0. The minimum Gasteiger partial charge on any atom is -0.459 e. The van der Waals surface area contributed by atoms with E-state index < -0.39 is 77.1 Å². The Balaban J connectivity index is 1.28. The van der Waals surface area contributed by atoms with Gasteiger partial charge in [0.2, 0.25) is 40.7 Å². The highest BCUT2D eigenvalue weighted by molar-refractivity contribution is 5.87. The highest BCUT2D eigenvalue weighted by Gasteiger charge is 2.51. The van der Waals surface area contributed by atoms with Crippen LogP contribution in [0.3, 0.4) is 0 Å². The zero-order chi connectivity index (χ0) is 35.3. The molecule has 264 valence electrons. The highest BCUT2D eigenvalue weighted by Crippen LogP contribution is 2.43. The van der Waals surface area contributed by atoms with Gasteiger partial charge < -0.3 is 29.0 Å². The van der Waals surface area contributed by atoms with Crippen LogP contribution < -0.4 is 10.1 Å². The molecule has 1 N–H and O–H groups in total. The second kappa shape index (κ2) is 15.7. The Labute approximate surface area is 275 Å². The first-order valence-corrected chi connectivity index (χ1v) is 15.7. The predicted molar refractivity (Wildman–Crippen MR) is 161 cm³/mol. The normalized spacial score (nSPS) is 29.7. The molecule has 0 aromatic heterocycles. The molecule has 0 radical (unpaired) electrons. The zero-order valence-corrected chi connectivity index (χ0v) is 27.3. The summed E-state index contributed by atoms with van der Waals surface area (Å²) in [4.78, 5) is 35.9. The van der Waals surface area contributed by atoms with Crippen molar-refractivity contribution in [2.24, 2.45) is 5.92 Å². The molecule has 0 saturated carbocycles. The first-order valence-electron chi connectivity index (χ1n) is 15.7. The summed E-state index contributed by atoms with van der Waals surface area (Å²) in [5, 5.41) is 2.95. The van der Waals surface area contributed by atoms with Crippen molar-refractivity contribution >= 4 is 17.8 Å². The van der Waals surface area contributed by atoms with Gasteiger partial charge in [0, 0.05) is 25.8 Å². The second-order valence-corrected chi connectivity index (χ2v) is 12.7. The Hall–Kier alpha value is -3.62. The predicted octanol–water partition coefficient (Wildman–Crippen LogP) is 5.69. The summed E-state index contributed by atoms with van der Waals surface area (Å²) >= 11 is 0. The van der Waals surface area contributed by atoms with Crippen molar-refractivity contribution in [1.29, 1.82) is 0 Å². The number of ether oxygens (including phenoxy) is 5. The van der Waals surface area contributed by atoms with E-state index in [1.54, 1.807) is 6.92 Å². The van der Waals surface area contributed by atoms with Gasteiger partial charge in [-0.3, -0.25) is 14.4 Å². The molecular formula is C34H40F5NO8. The van der Waals surface area contributed by atoms with Gasteiger partial charge in [0.25, 0.3) is 0 Å². The van der Waals surface area contributed by atoms with Crippen LogP contribution in [0.5, 0.6) is 5.75 Å². The van der Waals surface area contributed by atoms with Crippen LogP contribution in [-0.4, -0.2) is 66.6 Å². The summed E-state index contributed by atoms with van der Waals surface area (Å²) in [6.45, 7) is 9.25. The number of nitrogens with one attached hydrogen (secondary N) is 1. The monoisotopic (exact) mass is 685 g/mol. The number of hydrogen-bond donors (Lipinski definition) is 1. The number of amides is 1. The minimum absolute atomic E-state index is 0.0850. The highest BCUT2D eigenvalue weighted by atomic mass is 19.2. The van der Waals surface area contributed by atoms with Crippen molar-refractivity contribution in [3.8, 4) is 5.75 Å². The maximum Gasteiger partial charge on any atom is 0.314 e. The first-order chi connectivity index (χ1) is 22.6. The van der Waals surface area contributed by atoms with Crippen LogP contribution in [0.1, 0.15) is 66.7 Å². The van der Waals surface area contributed by atoms with Crippen LogP contribution >= 0.6 is 0 Å². The van der Waals surface area contributed by atoms with Crippen LogP contribution in [0.4, 0.5) is 22.0 Å². The molecule has 3 heterocycles. The molecular weight excluding hydrogens is 645 g/mol. The Morgan fingerprint density at radius 3 is 2.25 bits per heavy atom. The van der Waals surface area contributed by atoms with Gasteiger partial charge in [0.05, 0.1) is 49.1 Å². The molecule has 8 atom stereocenters. The molecule has 3 fully saturated rings. The zero-order valence-electron chi connectivity index (χ0n) is 27.3. The molecule has 1 aromatic carbocycles. The number of esters is 2. The summed E-state index contributed by atoms with van der Waals surface area (Å²) in [6.07, 6.45) is 8.07. The maximum atomic E-state index is 14.0. The smallest absolute Gasteiger partial charge is 0.314 e. The average Bonchev–Trinajstić information content (AvgIpc) is 3.76. The van der Waals surface area contributed by atoms with Gasteiger partial charge in [-0.1, -0.05) is 30.7 Å². The lowest BCUT2D eigenvalue weighted by molar-refractivity contribution is -0.143. The molecule has 0 bridgehead atoms. The third kappa shape index (κ3) is 9.73. The largest absolute Gasteiger partial charge is 0.459 e. The van der Waals surface area contributed by atoms with Gasteiger partial charge in [-0.25, -0.2) is 13.2 Å². The van der Waals surface area contributed by atoms with Gasteiger partial charge in [0.1, 0.15) is 6.10 Å². The second-order valence-electron chi connectivity index (χ2n) is 12.7. The topological polar surface area (TPSA) is 113 Å². The fourth-order valence-corrected chi connectivity index (χ4v) is 5.89. The lowest BCUT2D eigenvalue weighted by atomic mass is 9.88. The summed E-state index contributed by atoms with van der Waals surface area (Å²) in [5.41, 5.74) is 0.382. The van der Waals surface area contributed by atoms with E-state index in [1.807, 2.05) is 32.1 Å². The van der Waals surface area contributed by atoms with E-state index in [-0.39, 0.29) is 30.1 Å². The fraction of sp³-hybridized carbons (Fsp3) is 0.559. The van der Waals surface area contributed by atoms with Crippen LogP contribution in [0.15, 0.2) is 36.0 Å². The average molecular weight is 686 g/mol. The number of hydrogen-bond acceptors (Lipinski definition) is 8. The number of allylic oxidation sites excluding steroid dienone is 2. The summed E-state index contributed by atoms with van der Waals surface area (Å²) in [7, 11) is 0. The summed E-state index contributed by atoms with van der Waals surface area (Å²) in [6, 6.07) is -0.191. The van der Waals surface area contributed by atoms with Crippen LogP contribution in [0.2, 0.25) is 0 Å². The first kappa shape index (κ1) is 37.2. The molecule has 48 heavy (non-hydrogen) atoms.